The van der Waals surface area contributed by atoms with Gasteiger partial charge in [-0.25, -0.2) is 4.39 Å². The fraction of sp³-hybridized carbons (Fsp3) is 0. The average molecular weight is 369 g/mol. The maximum atomic E-state index is 13.2. The van der Waals surface area contributed by atoms with E-state index in [-0.39, 0.29) is 5.82 Å². The molecular weight excluding hydrogens is 351 g/mol. The first-order chi connectivity index (χ1) is 12.3. The van der Waals surface area contributed by atoms with Gasteiger partial charge in [-0.3, -0.25) is 5.14 Å². The Morgan fingerprint density at radius 1 is 0.880 bits per heavy atom. The first-order valence-electron chi connectivity index (χ1n) is 7.66. The van der Waals surface area contributed by atoms with Crippen molar-refractivity contribution >= 4 is 35.7 Å². The van der Waals surface area contributed by atoms with Crippen molar-refractivity contribution in [3.8, 4) is 11.1 Å². The Labute approximate surface area is 155 Å². The molecule has 3 aromatic carbocycles. The van der Waals surface area contributed by atoms with Crippen LogP contribution in [-0.2, 0) is 0 Å². The van der Waals surface area contributed by atoms with Crippen molar-refractivity contribution in [2.75, 3.05) is 4.72 Å². The molecule has 0 bridgehead atoms. The van der Waals surface area contributed by atoms with E-state index in [2.05, 4.69) is 41.1 Å². The van der Waals surface area contributed by atoms with Crippen LogP contribution < -0.4 is 9.86 Å². The lowest BCUT2D eigenvalue weighted by atomic mass is 10.0. The summed E-state index contributed by atoms with van der Waals surface area (Å²) in [6, 6.07) is 23.2. The average Bonchev–Trinajstić information content (AvgIpc) is 2.67. The van der Waals surface area contributed by atoms with E-state index < -0.39 is 0 Å². The van der Waals surface area contributed by atoms with E-state index >= 15 is 0 Å². The van der Waals surface area contributed by atoms with Crippen molar-refractivity contribution in [1.29, 1.82) is 0 Å². The Morgan fingerprint density at radius 2 is 1.60 bits per heavy atom. The Morgan fingerprint density at radius 3 is 2.32 bits per heavy atom. The third kappa shape index (κ3) is 4.89. The molecular formula is C20H17FN2S2. The van der Waals surface area contributed by atoms with Crippen LogP contribution in [0.3, 0.4) is 0 Å². The molecule has 0 spiro atoms. The number of benzene rings is 3. The lowest BCUT2D eigenvalue weighted by molar-refractivity contribution is 0.624. The van der Waals surface area contributed by atoms with Gasteiger partial charge in [0.15, 0.2) is 0 Å². The predicted octanol–water partition coefficient (Wildman–Crippen LogP) is 6.19. The van der Waals surface area contributed by atoms with Gasteiger partial charge in [0, 0.05) is 4.90 Å². The van der Waals surface area contributed by atoms with E-state index in [0.29, 0.717) is 4.90 Å². The number of rotatable bonds is 6. The molecule has 25 heavy (non-hydrogen) atoms. The second-order valence-corrected chi connectivity index (χ2v) is 6.66. The molecule has 0 saturated heterocycles. The predicted molar refractivity (Wildman–Crippen MR) is 109 cm³/mol. The van der Waals surface area contributed by atoms with Crippen LogP contribution in [0, 0.1) is 5.82 Å². The monoisotopic (exact) mass is 368 g/mol. The Kier molecular flexibility index (Phi) is 6.17. The lowest BCUT2D eigenvalue weighted by Crippen LogP contribution is -1.91. The summed E-state index contributed by atoms with van der Waals surface area (Å²) in [4.78, 5) is 0.674. The number of nitrogens with one attached hydrogen (secondary N) is 1. The lowest BCUT2D eigenvalue weighted by Gasteiger charge is -2.07. The summed E-state index contributed by atoms with van der Waals surface area (Å²) in [5.41, 5.74) is 4.31. The second-order valence-electron chi connectivity index (χ2n) is 5.27. The minimum absolute atomic E-state index is 0.294. The van der Waals surface area contributed by atoms with E-state index in [1.165, 1.54) is 35.2 Å². The van der Waals surface area contributed by atoms with Gasteiger partial charge in [-0.1, -0.05) is 54.6 Å². The summed E-state index contributed by atoms with van der Waals surface area (Å²) >= 11 is 2.44. The minimum atomic E-state index is -0.294. The summed E-state index contributed by atoms with van der Waals surface area (Å²) in [6.45, 7) is 0. The van der Waals surface area contributed by atoms with Crippen LogP contribution in [0.4, 0.5) is 10.1 Å². The maximum Gasteiger partial charge on any atom is 0.124 e. The second kappa shape index (κ2) is 8.76. The molecule has 0 saturated carbocycles. The molecule has 3 rings (SSSR count). The van der Waals surface area contributed by atoms with Crippen LogP contribution in [0.5, 0.6) is 0 Å². The Balaban J connectivity index is 1.59. The largest absolute Gasteiger partial charge is 0.325 e. The van der Waals surface area contributed by atoms with Gasteiger partial charge >= 0.3 is 0 Å². The molecule has 0 aliphatic carbocycles. The van der Waals surface area contributed by atoms with Gasteiger partial charge in [0.25, 0.3) is 0 Å². The fourth-order valence-corrected chi connectivity index (χ4v) is 3.39. The zero-order valence-electron chi connectivity index (χ0n) is 13.4. The molecule has 0 amide bonds. The summed E-state index contributed by atoms with van der Waals surface area (Å²) in [5.74, 6) is -0.294. The highest BCUT2D eigenvalue weighted by molar-refractivity contribution is 8.03. The van der Waals surface area contributed by atoms with E-state index in [9.17, 15) is 4.39 Å². The summed E-state index contributed by atoms with van der Waals surface area (Å²) in [6.07, 6.45) is 2.02. The highest BCUT2D eigenvalue weighted by Gasteiger charge is 2.02. The third-order valence-electron chi connectivity index (χ3n) is 3.59. The van der Waals surface area contributed by atoms with Crippen molar-refractivity contribution in [3.05, 3.63) is 89.6 Å². The fourth-order valence-electron chi connectivity index (χ4n) is 2.31. The van der Waals surface area contributed by atoms with Gasteiger partial charge in [-0.05, 0) is 70.3 Å². The maximum absolute atomic E-state index is 13.2. The molecule has 0 aromatic heterocycles. The first-order valence-corrected chi connectivity index (χ1v) is 9.42. The van der Waals surface area contributed by atoms with Crippen LogP contribution in [-0.4, -0.2) is 0 Å². The van der Waals surface area contributed by atoms with E-state index in [1.807, 2.05) is 29.7 Å². The number of hydrogen-bond acceptors (Lipinski definition) is 4. The van der Waals surface area contributed by atoms with Gasteiger partial charge in [0.2, 0.25) is 0 Å². The summed E-state index contributed by atoms with van der Waals surface area (Å²) in [5, 5.41) is 7.51. The van der Waals surface area contributed by atoms with Crippen molar-refractivity contribution in [2.45, 2.75) is 4.90 Å². The molecule has 0 heterocycles. The van der Waals surface area contributed by atoms with E-state index in [0.717, 1.165) is 23.2 Å². The smallest absolute Gasteiger partial charge is 0.124 e. The minimum Gasteiger partial charge on any atom is -0.325 e. The SMILES string of the molecule is NSc1cc(F)ccc1NS/C=C/c1ccc(-c2ccccc2)cc1. The summed E-state index contributed by atoms with van der Waals surface area (Å²) < 4.78 is 16.3. The Hall–Kier alpha value is -2.21. The highest BCUT2D eigenvalue weighted by atomic mass is 32.2. The highest BCUT2D eigenvalue weighted by Crippen LogP contribution is 2.27. The number of halogens is 1. The quantitative estimate of drug-likeness (QED) is 0.509. The molecule has 3 N–H and O–H groups in total. The van der Waals surface area contributed by atoms with Crippen LogP contribution in [0.2, 0.25) is 0 Å². The van der Waals surface area contributed by atoms with Crippen LogP contribution in [0.1, 0.15) is 5.56 Å². The zero-order valence-corrected chi connectivity index (χ0v) is 15.0. The van der Waals surface area contributed by atoms with Crippen molar-refractivity contribution in [1.82, 2.24) is 0 Å². The van der Waals surface area contributed by atoms with Crippen molar-refractivity contribution < 1.29 is 4.39 Å². The van der Waals surface area contributed by atoms with Gasteiger partial charge in [-0.15, -0.1) is 0 Å². The number of anilines is 1. The van der Waals surface area contributed by atoms with Crippen LogP contribution in [0.25, 0.3) is 17.2 Å². The normalized spacial score (nSPS) is 11.0. The molecule has 5 heteroatoms. The molecule has 0 radical (unpaired) electrons. The molecule has 0 atom stereocenters. The van der Waals surface area contributed by atoms with E-state index in [4.69, 9.17) is 5.14 Å². The van der Waals surface area contributed by atoms with Crippen molar-refractivity contribution in [2.24, 2.45) is 5.14 Å². The van der Waals surface area contributed by atoms with Crippen molar-refractivity contribution in [3.63, 3.8) is 0 Å². The van der Waals surface area contributed by atoms with Gasteiger partial charge in [0.1, 0.15) is 5.82 Å². The van der Waals surface area contributed by atoms with Crippen LogP contribution in [0.15, 0.2) is 83.1 Å². The number of nitrogens with two attached hydrogens (primary N) is 1. The van der Waals surface area contributed by atoms with Gasteiger partial charge in [0.05, 0.1) is 5.69 Å². The standard InChI is InChI=1S/C20H17FN2S2/c21-18-10-11-19(20(14-18)25-22)23-24-13-12-15-6-8-17(9-7-15)16-4-2-1-3-5-16/h1-14,23H,22H2/b13-12+. The van der Waals surface area contributed by atoms with E-state index in [1.54, 1.807) is 6.07 Å². The third-order valence-corrected chi connectivity index (χ3v) is 4.79. The molecule has 0 aliphatic rings. The zero-order chi connectivity index (χ0) is 17.5. The summed E-state index contributed by atoms with van der Waals surface area (Å²) in [7, 11) is 0. The molecule has 0 aliphatic heterocycles. The topological polar surface area (TPSA) is 38.0 Å². The van der Waals surface area contributed by atoms with Crippen LogP contribution >= 0.6 is 23.9 Å². The molecule has 0 unspecified atom stereocenters. The molecule has 126 valence electrons. The Bertz CT molecular complexity index is 849. The molecule has 2 nitrogen and oxygen atoms in total. The first kappa shape index (κ1) is 17.6. The molecule has 0 fully saturated rings. The van der Waals surface area contributed by atoms with Gasteiger partial charge in [-0.2, -0.15) is 0 Å². The molecule has 3 aromatic rings. The number of hydrogen-bond donors (Lipinski definition) is 2. The van der Waals surface area contributed by atoms with Gasteiger partial charge < -0.3 is 4.72 Å².